The van der Waals surface area contributed by atoms with Crippen molar-refractivity contribution >= 4 is 58.0 Å². The van der Waals surface area contributed by atoms with Gasteiger partial charge in [0.1, 0.15) is 0 Å². The zero-order valence-electron chi connectivity index (χ0n) is 15.3. The van der Waals surface area contributed by atoms with Crippen molar-refractivity contribution in [2.24, 2.45) is 5.92 Å². The van der Waals surface area contributed by atoms with Crippen molar-refractivity contribution < 1.29 is 24.0 Å². The first kappa shape index (κ1) is 21.5. The first-order valence-corrected chi connectivity index (χ1v) is 9.47. The zero-order valence-corrected chi connectivity index (χ0v) is 16.9. The lowest BCUT2D eigenvalue weighted by Gasteiger charge is -2.18. The standard InChI is InChI=1S/C19H15Cl2N3O6/c20-14-5-2-6-15(18(14)21)23-9-11(7-17(23)26)19(27)30-10-16(25)22-12-3-1-4-13(8-12)24(28)29/h1-6,8,11H,7,9-10H2,(H,22,25)/t11-/m0/s1. The van der Waals surface area contributed by atoms with E-state index in [9.17, 15) is 24.5 Å². The molecule has 0 spiro atoms. The summed E-state index contributed by atoms with van der Waals surface area (Å²) < 4.78 is 5.00. The highest BCUT2D eigenvalue weighted by atomic mass is 35.5. The number of carbonyl (C=O) groups excluding carboxylic acids is 3. The third-order valence-electron chi connectivity index (χ3n) is 4.37. The second kappa shape index (κ2) is 9.10. The van der Waals surface area contributed by atoms with Gasteiger partial charge in [-0.3, -0.25) is 24.5 Å². The molecule has 156 valence electrons. The van der Waals surface area contributed by atoms with Gasteiger partial charge in [-0.15, -0.1) is 0 Å². The molecular weight excluding hydrogens is 437 g/mol. The van der Waals surface area contributed by atoms with E-state index in [0.29, 0.717) is 5.69 Å². The van der Waals surface area contributed by atoms with Crippen molar-refractivity contribution in [2.45, 2.75) is 6.42 Å². The minimum absolute atomic E-state index is 0.0459. The van der Waals surface area contributed by atoms with Crippen LogP contribution in [0, 0.1) is 16.0 Å². The van der Waals surface area contributed by atoms with E-state index in [0.717, 1.165) is 0 Å². The Hall–Kier alpha value is -3.17. The van der Waals surface area contributed by atoms with Gasteiger partial charge < -0.3 is 15.0 Å². The molecule has 2 aromatic rings. The lowest BCUT2D eigenvalue weighted by Crippen LogP contribution is -2.28. The maximum absolute atomic E-state index is 12.3. The van der Waals surface area contributed by atoms with Crippen LogP contribution in [0.4, 0.5) is 17.1 Å². The Balaban J connectivity index is 1.56. The number of anilines is 2. The van der Waals surface area contributed by atoms with Gasteiger partial charge in [-0.2, -0.15) is 0 Å². The number of hydrogen-bond acceptors (Lipinski definition) is 6. The van der Waals surface area contributed by atoms with Crippen LogP contribution < -0.4 is 10.2 Å². The molecule has 1 fully saturated rings. The van der Waals surface area contributed by atoms with E-state index in [1.807, 2.05) is 0 Å². The highest BCUT2D eigenvalue weighted by molar-refractivity contribution is 6.44. The van der Waals surface area contributed by atoms with Gasteiger partial charge in [-0.25, -0.2) is 0 Å². The molecule has 11 heteroatoms. The lowest BCUT2D eigenvalue weighted by atomic mass is 10.1. The van der Waals surface area contributed by atoms with Crippen LogP contribution >= 0.6 is 23.2 Å². The number of non-ortho nitro benzene ring substituents is 1. The summed E-state index contributed by atoms with van der Waals surface area (Å²) in [7, 11) is 0. The number of hydrogen-bond donors (Lipinski definition) is 1. The summed E-state index contributed by atoms with van der Waals surface area (Å²) in [5, 5.41) is 13.7. The van der Waals surface area contributed by atoms with Gasteiger partial charge in [-0.05, 0) is 18.2 Å². The molecule has 1 heterocycles. The first-order chi connectivity index (χ1) is 14.3. The summed E-state index contributed by atoms with van der Waals surface area (Å²) in [6, 6.07) is 10.2. The third-order valence-corrected chi connectivity index (χ3v) is 5.18. The molecule has 0 aromatic heterocycles. The van der Waals surface area contributed by atoms with Gasteiger partial charge in [0, 0.05) is 30.8 Å². The number of ether oxygens (including phenoxy) is 1. The Bertz CT molecular complexity index is 1030. The highest BCUT2D eigenvalue weighted by Gasteiger charge is 2.37. The van der Waals surface area contributed by atoms with E-state index in [1.54, 1.807) is 18.2 Å². The van der Waals surface area contributed by atoms with Crippen molar-refractivity contribution in [2.75, 3.05) is 23.4 Å². The predicted molar refractivity (Wildman–Crippen MR) is 110 cm³/mol. The molecular formula is C19H15Cl2N3O6. The number of nitrogens with zero attached hydrogens (tertiary/aromatic N) is 2. The largest absolute Gasteiger partial charge is 0.455 e. The Kier molecular flexibility index (Phi) is 6.53. The number of esters is 1. The van der Waals surface area contributed by atoms with Crippen LogP contribution in [-0.4, -0.2) is 35.9 Å². The van der Waals surface area contributed by atoms with Crippen LogP contribution in [0.25, 0.3) is 0 Å². The van der Waals surface area contributed by atoms with Gasteiger partial charge in [-0.1, -0.05) is 35.3 Å². The van der Waals surface area contributed by atoms with E-state index >= 15 is 0 Å². The Morgan fingerprint density at radius 3 is 2.70 bits per heavy atom. The summed E-state index contributed by atoms with van der Waals surface area (Å²) in [4.78, 5) is 48.1. The highest BCUT2D eigenvalue weighted by Crippen LogP contribution is 2.35. The third kappa shape index (κ3) is 4.87. The number of amides is 2. The van der Waals surface area contributed by atoms with Crippen molar-refractivity contribution in [1.29, 1.82) is 0 Å². The predicted octanol–water partition coefficient (Wildman–Crippen LogP) is 3.44. The van der Waals surface area contributed by atoms with E-state index in [2.05, 4.69) is 5.32 Å². The first-order valence-electron chi connectivity index (χ1n) is 8.71. The molecule has 0 radical (unpaired) electrons. The normalized spacial score (nSPS) is 15.7. The molecule has 0 bridgehead atoms. The maximum Gasteiger partial charge on any atom is 0.311 e. The minimum atomic E-state index is -0.766. The number of nitro groups is 1. The van der Waals surface area contributed by atoms with E-state index in [4.69, 9.17) is 27.9 Å². The smallest absolute Gasteiger partial charge is 0.311 e. The molecule has 2 aromatic carbocycles. The van der Waals surface area contributed by atoms with E-state index in [1.165, 1.54) is 29.2 Å². The van der Waals surface area contributed by atoms with Gasteiger partial charge >= 0.3 is 5.97 Å². The molecule has 1 N–H and O–H groups in total. The fraction of sp³-hybridized carbons (Fsp3) is 0.211. The number of benzene rings is 2. The van der Waals surface area contributed by atoms with Crippen LogP contribution in [0.2, 0.25) is 10.0 Å². The van der Waals surface area contributed by atoms with Gasteiger partial charge in [0.15, 0.2) is 6.61 Å². The zero-order chi connectivity index (χ0) is 21.8. The Morgan fingerprint density at radius 2 is 1.97 bits per heavy atom. The average Bonchev–Trinajstić information content (AvgIpc) is 3.10. The molecule has 1 aliphatic heterocycles. The second-order valence-electron chi connectivity index (χ2n) is 6.44. The maximum atomic E-state index is 12.3. The van der Waals surface area contributed by atoms with Crippen LogP contribution in [0.15, 0.2) is 42.5 Å². The average molecular weight is 452 g/mol. The van der Waals surface area contributed by atoms with E-state index in [-0.39, 0.29) is 40.3 Å². The molecule has 30 heavy (non-hydrogen) atoms. The van der Waals surface area contributed by atoms with Gasteiger partial charge in [0.25, 0.3) is 11.6 Å². The molecule has 0 unspecified atom stereocenters. The number of nitrogens with one attached hydrogen (secondary N) is 1. The molecule has 1 saturated heterocycles. The summed E-state index contributed by atoms with van der Waals surface area (Å²) in [5.74, 6) is -2.46. The Labute approximate surface area is 180 Å². The van der Waals surface area contributed by atoms with Gasteiger partial charge in [0.2, 0.25) is 5.91 Å². The molecule has 1 atom stereocenters. The fourth-order valence-corrected chi connectivity index (χ4v) is 3.35. The molecule has 3 rings (SSSR count). The van der Waals surface area contributed by atoms with Crippen molar-refractivity contribution in [1.82, 2.24) is 0 Å². The molecule has 2 amide bonds. The number of halogens is 2. The molecule has 1 aliphatic rings. The second-order valence-corrected chi connectivity index (χ2v) is 7.23. The monoisotopic (exact) mass is 451 g/mol. The summed E-state index contributed by atoms with van der Waals surface area (Å²) in [5.41, 5.74) is 0.407. The Morgan fingerprint density at radius 1 is 1.23 bits per heavy atom. The molecule has 0 aliphatic carbocycles. The summed E-state index contributed by atoms with van der Waals surface area (Å²) in [6.45, 7) is -0.547. The summed E-state index contributed by atoms with van der Waals surface area (Å²) in [6.07, 6.45) is -0.0891. The van der Waals surface area contributed by atoms with Crippen molar-refractivity contribution in [3.63, 3.8) is 0 Å². The topological polar surface area (TPSA) is 119 Å². The van der Waals surface area contributed by atoms with Crippen LogP contribution in [0.3, 0.4) is 0 Å². The fourth-order valence-electron chi connectivity index (χ4n) is 2.95. The lowest BCUT2D eigenvalue weighted by molar-refractivity contribution is -0.384. The number of nitro benzene ring substituents is 1. The van der Waals surface area contributed by atoms with Crippen molar-refractivity contribution in [3.8, 4) is 0 Å². The van der Waals surface area contributed by atoms with E-state index < -0.39 is 29.3 Å². The van der Waals surface area contributed by atoms with Gasteiger partial charge in [0.05, 0.1) is 26.6 Å². The van der Waals surface area contributed by atoms with Crippen LogP contribution in [-0.2, 0) is 19.1 Å². The number of rotatable bonds is 6. The van der Waals surface area contributed by atoms with Crippen molar-refractivity contribution in [3.05, 3.63) is 62.6 Å². The minimum Gasteiger partial charge on any atom is -0.455 e. The van der Waals surface area contributed by atoms with Crippen LogP contribution in [0.5, 0.6) is 0 Å². The quantitative estimate of drug-likeness (QED) is 0.408. The van der Waals surface area contributed by atoms with Crippen LogP contribution in [0.1, 0.15) is 6.42 Å². The molecule has 0 saturated carbocycles. The molecule has 9 nitrogen and oxygen atoms in total. The SMILES string of the molecule is O=C(COC(=O)[C@H]1CC(=O)N(c2cccc(Cl)c2Cl)C1)Nc1cccc([N+](=O)[O-])c1. The number of carbonyl (C=O) groups is 3. The summed E-state index contributed by atoms with van der Waals surface area (Å²) >= 11 is 12.1.